The van der Waals surface area contributed by atoms with Crippen molar-refractivity contribution in [3.05, 3.63) is 47.0 Å². The number of nitrogens with one attached hydrogen (secondary N) is 1. The van der Waals surface area contributed by atoms with Crippen molar-refractivity contribution in [2.24, 2.45) is 5.41 Å². The number of benzene rings is 1. The fourth-order valence-electron chi connectivity index (χ4n) is 2.65. The van der Waals surface area contributed by atoms with Gasteiger partial charge in [-0.1, -0.05) is 65.7 Å². The molecular formula is C22H33NO3. The number of rotatable bonds is 8. The highest BCUT2D eigenvalue weighted by Crippen LogP contribution is 2.28. The maximum absolute atomic E-state index is 12.6. The Bertz CT molecular complexity index is 624. The quantitative estimate of drug-likeness (QED) is 0.512. The van der Waals surface area contributed by atoms with Gasteiger partial charge in [-0.05, 0) is 36.1 Å². The van der Waals surface area contributed by atoms with Crippen LogP contribution in [-0.2, 0) is 9.53 Å². The molecule has 0 saturated heterocycles. The van der Waals surface area contributed by atoms with E-state index in [0.29, 0.717) is 5.56 Å². The van der Waals surface area contributed by atoms with E-state index in [1.54, 1.807) is 12.1 Å². The van der Waals surface area contributed by atoms with Crippen LogP contribution in [0.3, 0.4) is 0 Å². The lowest BCUT2D eigenvalue weighted by molar-refractivity contribution is -0.129. The number of carbonyl (C=O) groups excluding carboxylic acids is 2. The van der Waals surface area contributed by atoms with Gasteiger partial charge in [0.1, 0.15) is 0 Å². The van der Waals surface area contributed by atoms with Gasteiger partial charge in [-0.25, -0.2) is 4.79 Å². The molecule has 1 aromatic rings. The monoisotopic (exact) mass is 359 g/mol. The molecule has 0 fully saturated rings. The summed E-state index contributed by atoms with van der Waals surface area (Å²) in [6, 6.07) is 7.12. The van der Waals surface area contributed by atoms with Crippen molar-refractivity contribution < 1.29 is 14.3 Å². The Balaban J connectivity index is 3.25. The minimum atomic E-state index is -0.466. The smallest absolute Gasteiger partial charge is 0.337 e. The van der Waals surface area contributed by atoms with Gasteiger partial charge in [0.05, 0.1) is 18.7 Å². The van der Waals surface area contributed by atoms with E-state index in [4.69, 9.17) is 4.74 Å². The minimum Gasteiger partial charge on any atom is -0.465 e. The highest BCUT2D eigenvalue weighted by molar-refractivity contribution is 5.89. The molecule has 26 heavy (non-hydrogen) atoms. The molecule has 1 rings (SSSR count). The second-order valence-electron chi connectivity index (χ2n) is 7.59. The Morgan fingerprint density at radius 3 is 2.19 bits per heavy atom. The van der Waals surface area contributed by atoms with Crippen LogP contribution in [-0.4, -0.2) is 19.0 Å². The van der Waals surface area contributed by atoms with E-state index in [2.05, 4.69) is 25.2 Å². The van der Waals surface area contributed by atoms with Crippen LogP contribution >= 0.6 is 0 Å². The van der Waals surface area contributed by atoms with Gasteiger partial charge in [-0.3, -0.25) is 4.79 Å². The molecule has 0 heterocycles. The van der Waals surface area contributed by atoms with Gasteiger partial charge in [0, 0.05) is 5.41 Å². The van der Waals surface area contributed by atoms with E-state index in [0.717, 1.165) is 31.2 Å². The second kappa shape index (κ2) is 10.1. The zero-order valence-corrected chi connectivity index (χ0v) is 17.0. The number of allylic oxidation sites excluding steroid dienone is 1. The van der Waals surface area contributed by atoms with Crippen molar-refractivity contribution in [1.29, 1.82) is 0 Å². The molecule has 0 radical (unpaired) electrons. The molecule has 1 aromatic carbocycles. The van der Waals surface area contributed by atoms with E-state index >= 15 is 0 Å². The van der Waals surface area contributed by atoms with Gasteiger partial charge in [0.2, 0.25) is 5.91 Å². The lowest BCUT2D eigenvalue weighted by atomic mass is 9.90. The first-order chi connectivity index (χ1) is 12.2. The Morgan fingerprint density at radius 1 is 1.12 bits per heavy atom. The van der Waals surface area contributed by atoms with Crippen molar-refractivity contribution in [2.45, 2.75) is 66.3 Å². The number of hydrogen-bond donors (Lipinski definition) is 1. The number of ether oxygens (including phenoxy) is 1. The van der Waals surface area contributed by atoms with Crippen molar-refractivity contribution in [3.63, 3.8) is 0 Å². The lowest BCUT2D eigenvalue weighted by Crippen LogP contribution is -2.38. The molecule has 0 aliphatic heterocycles. The summed E-state index contributed by atoms with van der Waals surface area (Å²) in [5, 5.41) is 3.21. The van der Waals surface area contributed by atoms with Crippen LogP contribution in [0.2, 0.25) is 0 Å². The van der Waals surface area contributed by atoms with Crippen LogP contribution in [0.5, 0.6) is 0 Å². The third kappa shape index (κ3) is 6.32. The Labute approximate surface area is 158 Å². The summed E-state index contributed by atoms with van der Waals surface area (Å²) in [4.78, 5) is 24.3. The Hall–Kier alpha value is -2.10. The number of amides is 1. The molecule has 144 valence electrons. The molecule has 4 heteroatoms. The summed E-state index contributed by atoms with van der Waals surface area (Å²) in [5.41, 5.74) is 2.24. The van der Waals surface area contributed by atoms with Crippen LogP contribution in [0, 0.1) is 5.41 Å². The molecule has 0 saturated carbocycles. The van der Waals surface area contributed by atoms with E-state index in [1.165, 1.54) is 12.7 Å². The molecule has 0 aliphatic carbocycles. The molecule has 0 unspecified atom stereocenters. The molecule has 0 aliphatic rings. The minimum absolute atomic E-state index is 0.0121. The van der Waals surface area contributed by atoms with Gasteiger partial charge in [0.25, 0.3) is 0 Å². The molecular weight excluding hydrogens is 326 g/mol. The number of unbranched alkanes of at least 4 members (excludes halogenated alkanes) is 1. The molecule has 1 N–H and O–H groups in total. The van der Waals surface area contributed by atoms with Crippen LogP contribution in [0.4, 0.5) is 0 Å². The van der Waals surface area contributed by atoms with Gasteiger partial charge in [0.15, 0.2) is 0 Å². The summed E-state index contributed by atoms with van der Waals surface area (Å²) in [6.45, 7) is 10.0. The Morgan fingerprint density at radius 2 is 1.73 bits per heavy atom. The molecule has 0 bridgehead atoms. The van der Waals surface area contributed by atoms with Gasteiger partial charge in [-0.15, -0.1) is 0 Å². The van der Waals surface area contributed by atoms with Gasteiger partial charge < -0.3 is 10.1 Å². The van der Waals surface area contributed by atoms with Crippen LogP contribution in [0.1, 0.15) is 82.3 Å². The van der Waals surface area contributed by atoms with Crippen LogP contribution in [0.15, 0.2) is 35.9 Å². The summed E-state index contributed by atoms with van der Waals surface area (Å²) in [5.74, 6) is -0.347. The lowest BCUT2D eigenvalue weighted by Gasteiger charge is -2.27. The zero-order valence-electron chi connectivity index (χ0n) is 17.0. The average molecular weight is 360 g/mol. The van der Waals surface area contributed by atoms with Gasteiger partial charge >= 0.3 is 5.97 Å². The highest BCUT2D eigenvalue weighted by atomic mass is 16.5. The predicted octanol–water partition coefficient (Wildman–Crippen LogP) is 5.20. The zero-order chi connectivity index (χ0) is 19.7. The highest BCUT2D eigenvalue weighted by Gasteiger charge is 2.26. The fraction of sp³-hybridized carbons (Fsp3) is 0.545. The van der Waals surface area contributed by atoms with E-state index in [-0.39, 0.29) is 17.9 Å². The first-order valence-electron chi connectivity index (χ1n) is 9.42. The summed E-state index contributed by atoms with van der Waals surface area (Å²) < 4.78 is 4.76. The van der Waals surface area contributed by atoms with Crippen molar-refractivity contribution in [3.8, 4) is 0 Å². The second-order valence-corrected chi connectivity index (χ2v) is 7.59. The number of carbonyl (C=O) groups is 2. The van der Waals surface area contributed by atoms with Crippen LogP contribution < -0.4 is 5.32 Å². The molecule has 1 amide bonds. The third-order valence-corrected chi connectivity index (χ3v) is 4.23. The maximum Gasteiger partial charge on any atom is 0.337 e. The maximum atomic E-state index is 12.6. The molecule has 0 spiro atoms. The fourth-order valence-corrected chi connectivity index (χ4v) is 2.65. The first kappa shape index (κ1) is 21.9. The Kier molecular flexibility index (Phi) is 8.56. The number of hydrogen-bond acceptors (Lipinski definition) is 3. The van der Waals surface area contributed by atoms with E-state index in [1.807, 2.05) is 32.9 Å². The molecule has 0 aromatic heterocycles. The summed E-state index contributed by atoms with van der Waals surface area (Å²) in [6.07, 6.45) is 6.22. The molecule has 1 atom stereocenters. The predicted molar refractivity (Wildman–Crippen MR) is 106 cm³/mol. The summed E-state index contributed by atoms with van der Waals surface area (Å²) >= 11 is 0. The van der Waals surface area contributed by atoms with Crippen molar-refractivity contribution in [1.82, 2.24) is 5.32 Å². The van der Waals surface area contributed by atoms with Crippen LogP contribution in [0.25, 0.3) is 0 Å². The standard InChI is InChI=1S/C22H33NO3/c1-7-9-11-16(10-8-2)19(23-21(25)22(3,4)5)17-12-14-18(15-13-17)20(24)26-6/h11-15,19H,7-10H2,1-6H3,(H,23,25)/t19-/m1/s1. The first-order valence-corrected chi connectivity index (χ1v) is 9.42. The number of methoxy groups -OCH3 is 1. The largest absolute Gasteiger partial charge is 0.465 e. The molecule has 4 nitrogen and oxygen atoms in total. The topological polar surface area (TPSA) is 55.4 Å². The van der Waals surface area contributed by atoms with Crippen molar-refractivity contribution in [2.75, 3.05) is 7.11 Å². The summed E-state index contributed by atoms with van der Waals surface area (Å²) in [7, 11) is 1.37. The number of esters is 1. The SMILES string of the molecule is CCCC=C(CCC)[C@@H](NC(=O)C(C)(C)C)c1ccc(C(=O)OC)cc1. The third-order valence-electron chi connectivity index (χ3n) is 4.23. The normalized spacial score (nSPS) is 13.2. The van der Waals surface area contributed by atoms with E-state index in [9.17, 15) is 9.59 Å². The van der Waals surface area contributed by atoms with E-state index < -0.39 is 5.41 Å². The average Bonchev–Trinajstić information content (AvgIpc) is 2.62. The van der Waals surface area contributed by atoms with Crippen molar-refractivity contribution >= 4 is 11.9 Å². The van der Waals surface area contributed by atoms with Gasteiger partial charge in [-0.2, -0.15) is 0 Å².